The van der Waals surface area contributed by atoms with Crippen molar-refractivity contribution in [1.29, 1.82) is 0 Å². The van der Waals surface area contributed by atoms with Crippen LogP contribution in [0.3, 0.4) is 0 Å². The summed E-state index contributed by atoms with van der Waals surface area (Å²) in [5.41, 5.74) is 0.471. The average Bonchev–Trinajstić information content (AvgIpc) is 2.68. The van der Waals surface area contributed by atoms with Crippen molar-refractivity contribution in [2.45, 2.75) is 65.4 Å². The molecule has 3 aliphatic carbocycles. The Morgan fingerprint density at radius 2 is 1.75 bits per heavy atom. The summed E-state index contributed by atoms with van der Waals surface area (Å²) in [7, 11) is 0. The first-order valence-electron chi connectivity index (χ1n) is 7.06. The van der Waals surface area contributed by atoms with Crippen molar-refractivity contribution in [3.63, 3.8) is 0 Å². The van der Waals surface area contributed by atoms with E-state index in [0.29, 0.717) is 16.7 Å². The van der Waals surface area contributed by atoms with Gasteiger partial charge in [-0.05, 0) is 67.6 Å². The molecule has 0 aromatic rings. The smallest absolute Gasteiger partial charge is 0.0656 e. The van der Waals surface area contributed by atoms with Crippen molar-refractivity contribution in [3.8, 4) is 0 Å². The van der Waals surface area contributed by atoms with Gasteiger partial charge in [0, 0.05) is 0 Å². The summed E-state index contributed by atoms with van der Waals surface area (Å²) >= 11 is 0. The molecule has 3 fully saturated rings. The molecule has 0 aliphatic heterocycles. The third-order valence-corrected chi connectivity index (χ3v) is 6.95. The van der Waals surface area contributed by atoms with Crippen molar-refractivity contribution in [1.82, 2.24) is 0 Å². The number of aliphatic hydroxyl groups is 1. The zero-order chi connectivity index (χ0) is 11.8. The van der Waals surface area contributed by atoms with Gasteiger partial charge in [-0.15, -0.1) is 0 Å². The van der Waals surface area contributed by atoms with E-state index in [0.717, 1.165) is 18.3 Å². The molecule has 1 spiro atoms. The molecule has 0 aromatic heterocycles. The van der Waals surface area contributed by atoms with Gasteiger partial charge in [-0.1, -0.05) is 20.8 Å². The SMILES string of the molecule is CC1C23CC[C@@H](C)[C@@H]2CC[C@@]3(C)C[C@]1(C)O. The molecule has 1 heteroatoms. The van der Waals surface area contributed by atoms with Gasteiger partial charge < -0.3 is 5.11 Å². The first-order valence-corrected chi connectivity index (χ1v) is 7.06. The molecule has 0 amide bonds. The van der Waals surface area contributed by atoms with Crippen LogP contribution in [-0.4, -0.2) is 10.7 Å². The highest BCUT2D eigenvalue weighted by Gasteiger charge is 2.71. The summed E-state index contributed by atoms with van der Waals surface area (Å²) in [4.78, 5) is 0. The van der Waals surface area contributed by atoms with Crippen LogP contribution in [-0.2, 0) is 0 Å². The lowest BCUT2D eigenvalue weighted by Crippen LogP contribution is -2.40. The minimum atomic E-state index is -0.419. The lowest BCUT2D eigenvalue weighted by molar-refractivity contribution is -0.0179. The summed E-state index contributed by atoms with van der Waals surface area (Å²) in [6, 6.07) is 0. The van der Waals surface area contributed by atoms with E-state index in [1.807, 2.05) is 0 Å². The number of hydrogen-bond donors (Lipinski definition) is 1. The predicted molar refractivity (Wildman–Crippen MR) is 66.1 cm³/mol. The van der Waals surface area contributed by atoms with Gasteiger partial charge >= 0.3 is 0 Å². The molecule has 3 rings (SSSR count). The van der Waals surface area contributed by atoms with Crippen LogP contribution in [0.1, 0.15) is 59.8 Å². The van der Waals surface area contributed by atoms with Gasteiger partial charge in [0.1, 0.15) is 0 Å². The van der Waals surface area contributed by atoms with Crippen LogP contribution in [0.25, 0.3) is 0 Å². The maximum absolute atomic E-state index is 10.7. The first kappa shape index (κ1) is 11.1. The van der Waals surface area contributed by atoms with E-state index >= 15 is 0 Å². The highest BCUT2D eigenvalue weighted by atomic mass is 16.3. The molecular weight excluding hydrogens is 196 g/mol. The molecule has 6 atom stereocenters. The van der Waals surface area contributed by atoms with Crippen LogP contribution in [0, 0.1) is 28.6 Å². The lowest BCUT2D eigenvalue weighted by Gasteiger charge is -2.42. The van der Waals surface area contributed by atoms with Crippen molar-refractivity contribution >= 4 is 0 Å². The van der Waals surface area contributed by atoms with Crippen LogP contribution >= 0.6 is 0 Å². The molecule has 0 radical (unpaired) electrons. The van der Waals surface area contributed by atoms with Crippen LogP contribution < -0.4 is 0 Å². The van der Waals surface area contributed by atoms with Crippen LogP contribution in [0.2, 0.25) is 0 Å². The highest BCUT2D eigenvalue weighted by Crippen LogP contribution is 2.76. The molecular formula is C15H26O. The molecule has 1 nitrogen and oxygen atoms in total. The number of rotatable bonds is 0. The van der Waals surface area contributed by atoms with Crippen molar-refractivity contribution in [2.75, 3.05) is 0 Å². The lowest BCUT2D eigenvalue weighted by atomic mass is 9.62. The fraction of sp³-hybridized carbons (Fsp3) is 1.00. The van der Waals surface area contributed by atoms with Gasteiger partial charge in [-0.3, -0.25) is 0 Å². The highest BCUT2D eigenvalue weighted by molar-refractivity contribution is 5.20. The summed E-state index contributed by atoms with van der Waals surface area (Å²) in [5.74, 6) is 2.27. The van der Waals surface area contributed by atoms with E-state index < -0.39 is 5.60 Å². The Hall–Kier alpha value is -0.0400. The van der Waals surface area contributed by atoms with Gasteiger partial charge in [0.2, 0.25) is 0 Å². The van der Waals surface area contributed by atoms with Gasteiger partial charge in [0.05, 0.1) is 5.60 Å². The van der Waals surface area contributed by atoms with Crippen molar-refractivity contribution in [3.05, 3.63) is 0 Å². The Bertz CT molecular complexity index is 321. The van der Waals surface area contributed by atoms with E-state index in [1.165, 1.54) is 25.7 Å². The van der Waals surface area contributed by atoms with Crippen LogP contribution in [0.15, 0.2) is 0 Å². The topological polar surface area (TPSA) is 20.2 Å². The van der Waals surface area contributed by atoms with E-state index in [-0.39, 0.29) is 0 Å². The Labute approximate surface area is 99.6 Å². The molecule has 0 aromatic carbocycles. The largest absolute Gasteiger partial charge is 0.390 e. The fourth-order valence-corrected chi connectivity index (χ4v) is 6.17. The first-order chi connectivity index (χ1) is 7.33. The Morgan fingerprint density at radius 1 is 1.06 bits per heavy atom. The summed E-state index contributed by atoms with van der Waals surface area (Å²) in [6.45, 7) is 9.30. The van der Waals surface area contributed by atoms with Gasteiger partial charge in [-0.25, -0.2) is 0 Å². The maximum atomic E-state index is 10.7. The van der Waals surface area contributed by atoms with E-state index in [9.17, 15) is 5.11 Å². The minimum absolute atomic E-state index is 0.419. The summed E-state index contributed by atoms with van der Waals surface area (Å²) in [6.07, 6.45) is 6.55. The Kier molecular flexibility index (Phi) is 1.98. The van der Waals surface area contributed by atoms with Crippen molar-refractivity contribution in [2.24, 2.45) is 28.6 Å². The van der Waals surface area contributed by atoms with Crippen LogP contribution in [0.5, 0.6) is 0 Å². The zero-order valence-electron chi connectivity index (χ0n) is 11.2. The third kappa shape index (κ3) is 0.978. The maximum Gasteiger partial charge on any atom is 0.0656 e. The Balaban J connectivity index is 2.10. The molecule has 0 heterocycles. The third-order valence-electron chi connectivity index (χ3n) is 6.95. The molecule has 3 saturated carbocycles. The monoisotopic (exact) mass is 222 g/mol. The Morgan fingerprint density at radius 3 is 2.44 bits per heavy atom. The van der Waals surface area contributed by atoms with E-state index in [1.54, 1.807) is 0 Å². The van der Waals surface area contributed by atoms with Gasteiger partial charge in [-0.2, -0.15) is 0 Å². The minimum Gasteiger partial charge on any atom is -0.390 e. The number of hydrogen-bond acceptors (Lipinski definition) is 1. The summed E-state index contributed by atoms with van der Waals surface area (Å²) in [5, 5.41) is 10.7. The quantitative estimate of drug-likeness (QED) is 0.664. The molecule has 2 unspecified atom stereocenters. The summed E-state index contributed by atoms with van der Waals surface area (Å²) < 4.78 is 0. The predicted octanol–water partition coefficient (Wildman–Crippen LogP) is 3.61. The fourth-order valence-electron chi connectivity index (χ4n) is 6.17. The van der Waals surface area contributed by atoms with Crippen LogP contribution in [0.4, 0.5) is 0 Å². The molecule has 1 N–H and O–H groups in total. The van der Waals surface area contributed by atoms with E-state index in [2.05, 4.69) is 27.7 Å². The second-order valence-electron chi connectivity index (χ2n) is 7.52. The molecule has 0 saturated heterocycles. The molecule has 16 heavy (non-hydrogen) atoms. The average molecular weight is 222 g/mol. The normalized spacial score (nSPS) is 64.7. The standard InChI is InChI=1S/C15H26O/c1-10-5-8-15-11(2)14(4,16)9-13(15,3)7-6-12(10)15/h10-12,16H,5-9H2,1-4H3/t10-,11?,12+,13+,14+,15?/m1/s1. The van der Waals surface area contributed by atoms with Gasteiger partial charge in [0.25, 0.3) is 0 Å². The van der Waals surface area contributed by atoms with Gasteiger partial charge in [0.15, 0.2) is 0 Å². The van der Waals surface area contributed by atoms with Crippen molar-refractivity contribution < 1.29 is 5.11 Å². The molecule has 92 valence electrons. The zero-order valence-corrected chi connectivity index (χ0v) is 11.2. The molecule has 0 bridgehead atoms. The van der Waals surface area contributed by atoms with E-state index in [4.69, 9.17) is 0 Å². The molecule has 3 aliphatic rings. The second kappa shape index (κ2) is 2.85. The second-order valence-corrected chi connectivity index (χ2v) is 7.52.